The lowest BCUT2D eigenvalue weighted by molar-refractivity contribution is -0.133. The molecule has 0 fully saturated rings. The van der Waals surface area contributed by atoms with Crippen molar-refractivity contribution in [2.24, 2.45) is 0 Å². The standard InChI is InChI=1S/C27H24N4O5/c1-17(16-30(2)3)34-20-11-7-10-19(14-20)31-27-24(25(29-31)18-8-5-4-6-9-18)26-21(15-28-27)35-22(32)12-13-23(33)36-26/h4-15,17H,16H2,1-3H3/b13-12-. The van der Waals surface area contributed by atoms with E-state index in [1.54, 1.807) is 4.68 Å². The molecule has 4 aromatic rings. The third-order valence-corrected chi connectivity index (χ3v) is 5.45. The molecule has 182 valence electrons. The SMILES string of the molecule is CC(CN(C)C)Oc1cccc(-n2nc(-c3ccccc3)c3c4c(cnc32)OC(=O)/C=C\C(=O)O4)c1. The number of likely N-dealkylation sites (N-methyl/N-ethyl adjacent to an activating group) is 1. The van der Waals surface area contributed by atoms with Gasteiger partial charge in [-0.15, -0.1) is 0 Å². The molecule has 2 aromatic carbocycles. The van der Waals surface area contributed by atoms with E-state index in [4.69, 9.17) is 19.3 Å². The molecule has 0 radical (unpaired) electrons. The van der Waals surface area contributed by atoms with Gasteiger partial charge in [-0.3, -0.25) is 0 Å². The quantitative estimate of drug-likeness (QED) is 0.382. The zero-order chi connectivity index (χ0) is 25.2. The number of carbonyl (C=O) groups excluding carboxylic acids is 2. The van der Waals surface area contributed by atoms with Crippen LogP contribution in [0.1, 0.15) is 6.92 Å². The van der Waals surface area contributed by atoms with Crippen molar-refractivity contribution in [3.8, 4) is 34.2 Å². The van der Waals surface area contributed by atoms with Gasteiger partial charge in [0, 0.05) is 30.3 Å². The molecule has 0 spiro atoms. The van der Waals surface area contributed by atoms with E-state index in [1.165, 1.54) is 6.20 Å². The molecule has 0 amide bonds. The van der Waals surface area contributed by atoms with Crippen LogP contribution in [0.15, 0.2) is 72.9 Å². The number of benzene rings is 2. The number of rotatable bonds is 6. The molecule has 1 unspecified atom stereocenters. The normalized spacial score (nSPS) is 15.0. The van der Waals surface area contributed by atoms with Crippen molar-refractivity contribution in [1.29, 1.82) is 0 Å². The molecule has 5 rings (SSSR count). The minimum Gasteiger partial charge on any atom is -0.489 e. The van der Waals surface area contributed by atoms with Crippen LogP contribution in [0.4, 0.5) is 0 Å². The molecule has 1 aliphatic rings. The summed E-state index contributed by atoms with van der Waals surface area (Å²) in [6.45, 7) is 2.77. The Bertz CT molecular complexity index is 1480. The largest absolute Gasteiger partial charge is 0.489 e. The third-order valence-electron chi connectivity index (χ3n) is 5.45. The van der Waals surface area contributed by atoms with E-state index in [0.29, 0.717) is 28.2 Å². The van der Waals surface area contributed by atoms with E-state index in [-0.39, 0.29) is 17.6 Å². The monoisotopic (exact) mass is 484 g/mol. The third kappa shape index (κ3) is 4.69. The topological polar surface area (TPSA) is 95.8 Å². The second kappa shape index (κ2) is 9.63. The van der Waals surface area contributed by atoms with Crippen LogP contribution in [0.5, 0.6) is 17.2 Å². The molecule has 1 atom stereocenters. The fourth-order valence-electron chi connectivity index (χ4n) is 4.08. The number of nitrogens with zero attached hydrogens (tertiary/aromatic N) is 4. The van der Waals surface area contributed by atoms with E-state index in [1.807, 2.05) is 75.6 Å². The highest BCUT2D eigenvalue weighted by Gasteiger charge is 2.26. The Kier molecular flexibility index (Phi) is 6.22. The predicted octanol–water partition coefficient (Wildman–Crippen LogP) is 3.80. The maximum absolute atomic E-state index is 12.4. The van der Waals surface area contributed by atoms with E-state index in [2.05, 4.69) is 9.88 Å². The first-order chi connectivity index (χ1) is 17.4. The van der Waals surface area contributed by atoms with Gasteiger partial charge in [0.25, 0.3) is 0 Å². The van der Waals surface area contributed by atoms with Crippen molar-refractivity contribution in [2.45, 2.75) is 13.0 Å². The van der Waals surface area contributed by atoms with Crippen LogP contribution in [0.25, 0.3) is 28.0 Å². The maximum Gasteiger partial charge on any atom is 0.336 e. The zero-order valence-electron chi connectivity index (χ0n) is 20.0. The molecule has 9 heteroatoms. The van der Waals surface area contributed by atoms with Crippen molar-refractivity contribution < 1.29 is 23.8 Å². The molecule has 2 aromatic heterocycles. The molecule has 1 aliphatic heterocycles. The first-order valence-electron chi connectivity index (χ1n) is 11.4. The van der Waals surface area contributed by atoms with Crippen molar-refractivity contribution in [3.05, 3.63) is 72.9 Å². The van der Waals surface area contributed by atoms with Gasteiger partial charge < -0.3 is 19.1 Å². The highest BCUT2D eigenvalue weighted by atomic mass is 16.6. The van der Waals surface area contributed by atoms with Crippen molar-refractivity contribution >= 4 is 23.0 Å². The molecule has 3 heterocycles. The lowest BCUT2D eigenvalue weighted by Gasteiger charge is -2.19. The highest BCUT2D eigenvalue weighted by molar-refractivity contribution is 6.03. The number of hydrogen-bond acceptors (Lipinski definition) is 8. The molecule has 36 heavy (non-hydrogen) atoms. The lowest BCUT2D eigenvalue weighted by Crippen LogP contribution is -2.27. The highest BCUT2D eigenvalue weighted by Crippen LogP contribution is 2.41. The Labute approximate surface area is 207 Å². The van der Waals surface area contributed by atoms with Gasteiger partial charge >= 0.3 is 11.9 Å². The number of fused-ring (bicyclic) bond motifs is 3. The maximum atomic E-state index is 12.4. The van der Waals surface area contributed by atoms with Crippen LogP contribution in [-0.4, -0.2) is 58.3 Å². The number of ether oxygens (including phenoxy) is 3. The van der Waals surface area contributed by atoms with E-state index in [9.17, 15) is 9.59 Å². The van der Waals surface area contributed by atoms with Gasteiger partial charge in [-0.05, 0) is 33.2 Å². The fraction of sp³-hybridized carbons (Fsp3) is 0.185. The summed E-state index contributed by atoms with van der Waals surface area (Å²) < 4.78 is 18.7. The van der Waals surface area contributed by atoms with Crippen molar-refractivity contribution in [3.63, 3.8) is 0 Å². The van der Waals surface area contributed by atoms with Gasteiger partial charge in [-0.2, -0.15) is 5.10 Å². The van der Waals surface area contributed by atoms with E-state index >= 15 is 0 Å². The Morgan fingerprint density at radius 3 is 2.50 bits per heavy atom. The van der Waals surface area contributed by atoms with Crippen LogP contribution in [0.3, 0.4) is 0 Å². The van der Waals surface area contributed by atoms with Crippen molar-refractivity contribution in [1.82, 2.24) is 19.7 Å². The molecule has 0 saturated heterocycles. The molecule has 0 N–H and O–H groups in total. The van der Waals surface area contributed by atoms with Gasteiger partial charge in [0.2, 0.25) is 0 Å². The molecule has 0 bridgehead atoms. The molecule has 0 aliphatic carbocycles. The van der Waals surface area contributed by atoms with Crippen molar-refractivity contribution in [2.75, 3.05) is 20.6 Å². The molecular formula is C27H24N4O5. The summed E-state index contributed by atoms with van der Waals surface area (Å²) in [7, 11) is 3.99. The first-order valence-corrected chi connectivity index (χ1v) is 11.4. The van der Waals surface area contributed by atoms with Crippen LogP contribution in [0, 0.1) is 0 Å². The Balaban J connectivity index is 1.68. The van der Waals surface area contributed by atoms with Gasteiger partial charge in [0.1, 0.15) is 17.5 Å². The van der Waals surface area contributed by atoms with Crippen LogP contribution in [0.2, 0.25) is 0 Å². The second-order valence-corrected chi connectivity index (χ2v) is 8.64. The summed E-state index contributed by atoms with van der Waals surface area (Å²) in [5.41, 5.74) is 2.44. The lowest BCUT2D eigenvalue weighted by atomic mass is 10.1. The molecule has 0 saturated carbocycles. The van der Waals surface area contributed by atoms with Crippen LogP contribution >= 0.6 is 0 Å². The predicted molar refractivity (Wildman–Crippen MR) is 133 cm³/mol. The summed E-state index contributed by atoms with van der Waals surface area (Å²) in [5.74, 6) is -0.586. The molecular weight excluding hydrogens is 460 g/mol. The number of esters is 2. The van der Waals surface area contributed by atoms with Crippen LogP contribution < -0.4 is 14.2 Å². The van der Waals surface area contributed by atoms with Gasteiger partial charge in [0.05, 0.1) is 17.3 Å². The number of hydrogen-bond donors (Lipinski definition) is 0. The Morgan fingerprint density at radius 2 is 1.75 bits per heavy atom. The summed E-state index contributed by atoms with van der Waals surface area (Å²) in [4.78, 5) is 31.0. The molecule has 9 nitrogen and oxygen atoms in total. The Hall–Kier alpha value is -4.50. The minimum atomic E-state index is -0.697. The van der Waals surface area contributed by atoms with Gasteiger partial charge in [-0.1, -0.05) is 36.4 Å². The average molecular weight is 485 g/mol. The summed E-state index contributed by atoms with van der Waals surface area (Å²) >= 11 is 0. The summed E-state index contributed by atoms with van der Waals surface area (Å²) in [6, 6.07) is 17.0. The average Bonchev–Trinajstić information content (AvgIpc) is 3.23. The number of aromatic nitrogens is 3. The first kappa shape index (κ1) is 23.3. The smallest absolute Gasteiger partial charge is 0.336 e. The van der Waals surface area contributed by atoms with Gasteiger partial charge in [-0.25, -0.2) is 19.3 Å². The van der Waals surface area contributed by atoms with E-state index in [0.717, 1.165) is 24.3 Å². The van der Waals surface area contributed by atoms with E-state index < -0.39 is 11.9 Å². The fourth-order valence-corrected chi connectivity index (χ4v) is 4.08. The summed E-state index contributed by atoms with van der Waals surface area (Å²) in [6.07, 6.45) is 3.37. The second-order valence-electron chi connectivity index (χ2n) is 8.64. The Morgan fingerprint density at radius 1 is 1.00 bits per heavy atom. The zero-order valence-corrected chi connectivity index (χ0v) is 20.0. The van der Waals surface area contributed by atoms with Gasteiger partial charge in [0.15, 0.2) is 17.1 Å². The number of pyridine rings is 1. The minimum absolute atomic E-state index is 0.0236. The van der Waals surface area contributed by atoms with Crippen LogP contribution in [-0.2, 0) is 9.59 Å². The summed E-state index contributed by atoms with van der Waals surface area (Å²) in [5, 5.41) is 5.29. The number of carbonyl (C=O) groups is 2.